The van der Waals surface area contributed by atoms with Gasteiger partial charge in [-0.3, -0.25) is 0 Å². The first-order chi connectivity index (χ1) is 4.68. The van der Waals surface area contributed by atoms with Crippen LogP contribution in [0.1, 0.15) is 20.3 Å². The second kappa shape index (κ2) is 5.64. The van der Waals surface area contributed by atoms with Crippen molar-refractivity contribution in [2.24, 2.45) is 0 Å². The molecule has 0 aliphatic carbocycles. The normalized spacial score (nSPS) is 15.8. The van der Waals surface area contributed by atoms with Gasteiger partial charge in [0.25, 0.3) is 0 Å². The lowest BCUT2D eigenvalue weighted by atomic mass is 10.3. The first kappa shape index (κ1) is 9.87. The fourth-order valence-corrected chi connectivity index (χ4v) is 1.33. The van der Waals surface area contributed by atoms with Crippen LogP contribution in [0, 0.1) is 12.3 Å². The van der Waals surface area contributed by atoms with E-state index in [1.165, 1.54) is 0 Å². The Kier molecular flexibility index (Phi) is 5.57. The molecule has 0 aliphatic heterocycles. The largest absolute Gasteiger partial charge is 0.392 e. The molecule has 0 heterocycles. The summed E-state index contributed by atoms with van der Waals surface area (Å²) in [4.78, 5) is 0. The summed E-state index contributed by atoms with van der Waals surface area (Å²) < 4.78 is 0. The van der Waals surface area contributed by atoms with Crippen LogP contribution in [0.25, 0.3) is 0 Å². The van der Waals surface area contributed by atoms with Gasteiger partial charge in [-0.15, -0.1) is 12.3 Å². The molecule has 2 atom stereocenters. The minimum absolute atomic E-state index is 0.234. The molecule has 1 nitrogen and oxygen atoms in total. The van der Waals surface area contributed by atoms with Crippen LogP contribution in [0.5, 0.6) is 0 Å². The van der Waals surface area contributed by atoms with Crippen molar-refractivity contribution in [1.82, 2.24) is 0 Å². The number of aliphatic hydroxyl groups is 1. The maximum Gasteiger partial charge on any atom is 0.0627 e. The molecule has 0 aliphatic rings. The van der Waals surface area contributed by atoms with Crippen LogP contribution in [-0.2, 0) is 0 Å². The van der Waals surface area contributed by atoms with Crippen molar-refractivity contribution < 1.29 is 5.11 Å². The highest BCUT2D eigenvalue weighted by molar-refractivity contribution is 7.99. The van der Waals surface area contributed by atoms with E-state index in [2.05, 4.69) is 5.92 Å². The van der Waals surface area contributed by atoms with Crippen LogP contribution in [0.15, 0.2) is 0 Å². The first-order valence-electron chi connectivity index (χ1n) is 3.41. The SMILES string of the molecule is C#CCCSC(C)C(C)O. The summed E-state index contributed by atoms with van der Waals surface area (Å²) in [7, 11) is 0. The Balaban J connectivity index is 3.23. The number of thioether (sulfide) groups is 1. The molecule has 0 aromatic carbocycles. The van der Waals surface area contributed by atoms with E-state index in [0.29, 0.717) is 5.25 Å². The summed E-state index contributed by atoms with van der Waals surface area (Å²) in [6.45, 7) is 3.80. The fourth-order valence-electron chi connectivity index (χ4n) is 0.443. The summed E-state index contributed by atoms with van der Waals surface area (Å²) in [6, 6.07) is 0. The molecule has 0 aromatic rings. The highest BCUT2D eigenvalue weighted by atomic mass is 32.2. The third-order valence-corrected chi connectivity index (χ3v) is 2.67. The lowest BCUT2D eigenvalue weighted by Gasteiger charge is -2.12. The highest BCUT2D eigenvalue weighted by Gasteiger charge is 2.07. The number of terminal acetylenes is 1. The standard InChI is InChI=1S/C8H14OS/c1-4-5-6-10-8(3)7(2)9/h1,7-9H,5-6H2,2-3H3. The van der Waals surface area contributed by atoms with Gasteiger partial charge in [0, 0.05) is 17.4 Å². The summed E-state index contributed by atoms with van der Waals surface area (Å²) in [5.74, 6) is 3.51. The molecule has 0 amide bonds. The first-order valence-corrected chi connectivity index (χ1v) is 4.46. The average Bonchev–Trinajstić information content (AvgIpc) is 1.88. The van der Waals surface area contributed by atoms with Crippen molar-refractivity contribution in [3.63, 3.8) is 0 Å². The molecule has 0 rings (SSSR count). The smallest absolute Gasteiger partial charge is 0.0627 e. The highest BCUT2D eigenvalue weighted by Crippen LogP contribution is 2.14. The van der Waals surface area contributed by atoms with Gasteiger partial charge in [-0.25, -0.2) is 0 Å². The number of hydrogen-bond donors (Lipinski definition) is 1. The molecule has 2 unspecified atom stereocenters. The Morgan fingerprint density at radius 3 is 2.60 bits per heavy atom. The molecule has 1 N–H and O–H groups in total. The van der Waals surface area contributed by atoms with Gasteiger partial charge in [-0.05, 0) is 6.92 Å². The molecule has 58 valence electrons. The van der Waals surface area contributed by atoms with Gasteiger partial charge in [-0.1, -0.05) is 6.92 Å². The zero-order valence-corrected chi connectivity index (χ0v) is 7.32. The topological polar surface area (TPSA) is 20.2 Å². The molecule has 0 bridgehead atoms. The van der Waals surface area contributed by atoms with Crippen LogP contribution >= 0.6 is 11.8 Å². The predicted octanol–water partition coefficient (Wildman–Crippen LogP) is 1.51. The summed E-state index contributed by atoms with van der Waals surface area (Å²) in [6.07, 6.45) is 5.62. The van der Waals surface area contributed by atoms with Crippen molar-refractivity contribution in [3.8, 4) is 12.3 Å². The molecular formula is C8H14OS. The molecular weight excluding hydrogens is 144 g/mol. The molecule has 2 heteroatoms. The van der Waals surface area contributed by atoms with E-state index in [-0.39, 0.29) is 6.10 Å². The van der Waals surface area contributed by atoms with E-state index in [1.807, 2.05) is 6.92 Å². The number of aliphatic hydroxyl groups excluding tert-OH is 1. The monoisotopic (exact) mass is 158 g/mol. The Bertz CT molecular complexity index is 115. The quantitative estimate of drug-likeness (QED) is 0.494. The Labute approximate surface area is 67.2 Å². The van der Waals surface area contributed by atoms with E-state index in [1.54, 1.807) is 18.7 Å². The van der Waals surface area contributed by atoms with E-state index < -0.39 is 0 Å². The Hall–Kier alpha value is -0.130. The van der Waals surface area contributed by atoms with Crippen LogP contribution in [0.3, 0.4) is 0 Å². The van der Waals surface area contributed by atoms with Gasteiger partial charge in [0.1, 0.15) is 0 Å². The summed E-state index contributed by atoms with van der Waals surface area (Å²) >= 11 is 1.72. The second-order valence-electron chi connectivity index (χ2n) is 2.27. The van der Waals surface area contributed by atoms with Gasteiger partial charge >= 0.3 is 0 Å². The summed E-state index contributed by atoms with van der Waals surface area (Å²) in [5.41, 5.74) is 0. The van der Waals surface area contributed by atoms with Gasteiger partial charge in [-0.2, -0.15) is 11.8 Å². The zero-order valence-electron chi connectivity index (χ0n) is 6.50. The number of rotatable bonds is 4. The van der Waals surface area contributed by atoms with Crippen LogP contribution < -0.4 is 0 Å². The molecule has 0 spiro atoms. The molecule has 10 heavy (non-hydrogen) atoms. The predicted molar refractivity (Wildman–Crippen MR) is 47.1 cm³/mol. The van der Waals surface area contributed by atoms with E-state index in [9.17, 15) is 0 Å². The molecule has 0 saturated carbocycles. The van der Waals surface area contributed by atoms with Gasteiger partial charge in [0.05, 0.1) is 6.10 Å². The lowest BCUT2D eigenvalue weighted by Crippen LogP contribution is -2.15. The van der Waals surface area contributed by atoms with Crippen LogP contribution in [0.2, 0.25) is 0 Å². The van der Waals surface area contributed by atoms with Crippen molar-refractivity contribution in [1.29, 1.82) is 0 Å². The van der Waals surface area contributed by atoms with Gasteiger partial charge < -0.3 is 5.11 Å². The minimum Gasteiger partial charge on any atom is -0.392 e. The molecule has 0 fully saturated rings. The van der Waals surface area contributed by atoms with E-state index >= 15 is 0 Å². The van der Waals surface area contributed by atoms with Crippen molar-refractivity contribution in [2.45, 2.75) is 31.6 Å². The summed E-state index contributed by atoms with van der Waals surface area (Å²) in [5, 5.41) is 9.35. The third-order valence-electron chi connectivity index (χ3n) is 1.31. The maximum atomic E-state index is 9.05. The van der Waals surface area contributed by atoms with Gasteiger partial charge in [0.15, 0.2) is 0 Å². The minimum atomic E-state index is -0.234. The van der Waals surface area contributed by atoms with Crippen LogP contribution in [0.4, 0.5) is 0 Å². The number of hydrogen-bond acceptors (Lipinski definition) is 2. The molecule has 0 saturated heterocycles. The van der Waals surface area contributed by atoms with Crippen LogP contribution in [-0.4, -0.2) is 22.2 Å². The average molecular weight is 158 g/mol. The Morgan fingerprint density at radius 1 is 1.60 bits per heavy atom. The van der Waals surface area contributed by atoms with E-state index in [4.69, 9.17) is 11.5 Å². The van der Waals surface area contributed by atoms with Crippen molar-refractivity contribution >= 4 is 11.8 Å². The maximum absolute atomic E-state index is 9.05. The molecule has 0 radical (unpaired) electrons. The Morgan fingerprint density at radius 2 is 2.20 bits per heavy atom. The van der Waals surface area contributed by atoms with E-state index in [0.717, 1.165) is 12.2 Å². The van der Waals surface area contributed by atoms with Crippen molar-refractivity contribution in [2.75, 3.05) is 5.75 Å². The van der Waals surface area contributed by atoms with Crippen molar-refractivity contribution in [3.05, 3.63) is 0 Å². The fraction of sp³-hybridized carbons (Fsp3) is 0.750. The zero-order chi connectivity index (χ0) is 7.98. The van der Waals surface area contributed by atoms with Gasteiger partial charge in [0.2, 0.25) is 0 Å². The molecule has 0 aromatic heterocycles. The lowest BCUT2D eigenvalue weighted by molar-refractivity contribution is 0.196. The third kappa shape index (κ3) is 4.72. The second-order valence-corrected chi connectivity index (χ2v) is 3.76.